The second-order valence-corrected chi connectivity index (χ2v) is 6.45. The second kappa shape index (κ2) is 4.64. The van der Waals surface area contributed by atoms with E-state index in [1.165, 1.54) is 0 Å². The summed E-state index contributed by atoms with van der Waals surface area (Å²) in [6, 6.07) is 8.22. The van der Waals surface area contributed by atoms with Crippen LogP contribution in [0.25, 0.3) is 0 Å². The Bertz CT molecular complexity index is 487. The highest BCUT2D eigenvalue weighted by molar-refractivity contribution is 5.88. The van der Waals surface area contributed by atoms with Crippen molar-refractivity contribution < 1.29 is 4.79 Å². The highest BCUT2D eigenvalue weighted by Crippen LogP contribution is 2.46. The molecule has 3 heteroatoms. The molecule has 1 amide bonds. The zero-order valence-electron chi connectivity index (χ0n) is 12.3. The number of nitrogens with two attached hydrogens (primary N) is 1. The first kappa shape index (κ1) is 14.1. The van der Waals surface area contributed by atoms with E-state index in [0.29, 0.717) is 0 Å². The second-order valence-electron chi connectivity index (χ2n) is 6.45. The third-order valence-electron chi connectivity index (χ3n) is 3.91. The lowest BCUT2D eigenvalue weighted by molar-refractivity contribution is -0.126. The lowest BCUT2D eigenvalue weighted by atomic mass is 9.78. The Morgan fingerprint density at radius 2 is 1.89 bits per heavy atom. The van der Waals surface area contributed by atoms with Crippen LogP contribution in [-0.4, -0.2) is 11.9 Å². The van der Waals surface area contributed by atoms with Crippen LogP contribution in [0.1, 0.15) is 51.7 Å². The van der Waals surface area contributed by atoms with Crippen LogP contribution >= 0.6 is 0 Å². The van der Waals surface area contributed by atoms with Gasteiger partial charge in [0.15, 0.2) is 0 Å². The number of nitrogens with one attached hydrogen (secondary N) is 1. The van der Waals surface area contributed by atoms with E-state index in [9.17, 15) is 4.79 Å². The third-order valence-corrected chi connectivity index (χ3v) is 3.91. The summed E-state index contributed by atoms with van der Waals surface area (Å²) in [6.45, 7) is 7.89. The molecule has 3 nitrogen and oxygen atoms in total. The molecule has 0 aromatic heterocycles. The number of amides is 1. The van der Waals surface area contributed by atoms with E-state index in [1.807, 2.05) is 45.9 Å². The molecule has 0 atom stereocenters. The Labute approximate surface area is 115 Å². The number of hydrogen-bond acceptors (Lipinski definition) is 2. The van der Waals surface area contributed by atoms with Gasteiger partial charge in [-0.25, -0.2) is 0 Å². The molecule has 0 saturated heterocycles. The summed E-state index contributed by atoms with van der Waals surface area (Å²) in [6.07, 6.45) is 2.01. The fourth-order valence-corrected chi connectivity index (χ4v) is 2.43. The van der Waals surface area contributed by atoms with Gasteiger partial charge in [-0.05, 0) is 51.7 Å². The van der Waals surface area contributed by atoms with Crippen molar-refractivity contribution in [1.82, 2.24) is 5.32 Å². The number of benzene rings is 1. The van der Waals surface area contributed by atoms with Gasteiger partial charge in [-0.3, -0.25) is 4.79 Å². The first-order valence-electron chi connectivity index (χ1n) is 6.97. The Hall–Kier alpha value is -1.35. The average Bonchev–Trinajstić information content (AvgIpc) is 3.08. The molecule has 1 saturated carbocycles. The topological polar surface area (TPSA) is 55.1 Å². The van der Waals surface area contributed by atoms with Crippen molar-refractivity contribution in [2.75, 3.05) is 0 Å². The lowest BCUT2D eigenvalue weighted by Gasteiger charge is -2.29. The van der Waals surface area contributed by atoms with Gasteiger partial charge in [-0.2, -0.15) is 0 Å². The van der Waals surface area contributed by atoms with E-state index in [-0.39, 0.29) is 17.5 Å². The van der Waals surface area contributed by atoms with E-state index in [1.54, 1.807) is 0 Å². The molecule has 3 N–H and O–H groups in total. The van der Waals surface area contributed by atoms with Gasteiger partial charge in [0.2, 0.25) is 5.91 Å². The zero-order valence-corrected chi connectivity index (χ0v) is 12.3. The van der Waals surface area contributed by atoms with Gasteiger partial charge in [0, 0.05) is 11.6 Å². The number of carbonyl (C=O) groups is 1. The molecule has 104 valence electrons. The van der Waals surface area contributed by atoms with Gasteiger partial charge < -0.3 is 11.1 Å². The van der Waals surface area contributed by atoms with Gasteiger partial charge in [0.05, 0.1) is 5.41 Å². The third kappa shape index (κ3) is 2.66. The maximum Gasteiger partial charge on any atom is 0.230 e. The van der Waals surface area contributed by atoms with Crippen molar-refractivity contribution in [2.45, 2.75) is 57.5 Å². The van der Waals surface area contributed by atoms with Crippen LogP contribution in [0, 0.1) is 0 Å². The summed E-state index contributed by atoms with van der Waals surface area (Å²) in [5, 5.41) is 3.00. The van der Waals surface area contributed by atoms with Crippen LogP contribution in [0.4, 0.5) is 0 Å². The standard InChI is InChI=1S/C16H24N2O/c1-11(2)18-14(19)15(3,4)12-7-5-6-8-13(12)16(17)9-10-16/h5-8,11H,9-10,17H2,1-4H3,(H,18,19). The summed E-state index contributed by atoms with van der Waals surface area (Å²) in [5.74, 6) is 0.0548. The molecule has 1 aliphatic carbocycles. The van der Waals surface area contributed by atoms with Gasteiger partial charge in [-0.15, -0.1) is 0 Å². The Morgan fingerprint density at radius 1 is 1.32 bits per heavy atom. The number of rotatable bonds is 4. The maximum absolute atomic E-state index is 12.4. The molecule has 19 heavy (non-hydrogen) atoms. The van der Waals surface area contributed by atoms with E-state index in [4.69, 9.17) is 5.73 Å². The molecule has 0 spiro atoms. The molecule has 0 heterocycles. The van der Waals surface area contributed by atoms with E-state index in [2.05, 4.69) is 11.4 Å². The van der Waals surface area contributed by atoms with Gasteiger partial charge in [0.25, 0.3) is 0 Å². The van der Waals surface area contributed by atoms with Crippen molar-refractivity contribution in [1.29, 1.82) is 0 Å². The van der Waals surface area contributed by atoms with Gasteiger partial charge in [0.1, 0.15) is 0 Å². The molecule has 2 rings (SSSR count). The molecular weight excluding hydrogens is 236 g/mol. The monoisotopic (exact) mass is 260 g/mol. The fourth-order valence-electron chi connectivity index (χ4n) is 2.43. The molecule has 1 fully saturated rings. The predicted molar refractivity (Wildman–Crippen MR) is 77.8 cm³/mol. The van der Waals surface area contributed by atoms with Crippen molar-refractivity contribution in [3.05, 3.63) is 35.4 Å². The van der Waals surface area contributed by atoms with Crippen LogP contribution in [-0.2, 0) is 15.7 Å². The smallest absolute Gasteiger partial charge is 0.230 e. The Balaban J connectivity index is 2.38. The molecule has 0 aliphatic heterocycles. The molecule has 1 aromatic rings. The van der Waals surface area contributed by atoms with Crippen molar-refractivity contribution in [3.63, 3.8) is 0 Å². The van der Waals surface area contributed by atoms with Crippen molar-refractivity contribution in [2.24, 2.45) is 5.73 Å². The number of hydrogen-bond donors (Lipinski definition) is 2. The van der Waals surface area contributed by atoms with Gasteiger partial charge >= 0.3 is 0 Å². The normalized spacial score (nSPS) is 17.4. The minimum atomic E-state index is -0.560. The SMILES string of the molecule is CC(C)NC(=O)C(C)(C)c1ccccc1C1(N)CC1. The Morgan fingerprint density at radius 3 is 2.42 bits per heavy atom. The minimum absolute atomic E-state index is 0.0548. The largest absolute Gasteiger partial charge is 0.353 e. The summed E-state index contributed by atoms with van der Waals surface area (Å²) in [7, 11) is 0. The maximum atomic E-state index is 12.4. The quantitative estimate of drug-likeness (QED) is 0.873. The van der Waals surface area contributed by atoms with Gasteiger partial charge in [-0.1, -0.05) is 24.3 Å². The molecule has 0 radical (unpaired) electrons. The first-order chi connectivity index (χ1) is 8.77. The fraction of sp³-hybridized carbons (Fsp3) is 0.562. The molecule has 0 unspecified atom stereocenters. The van der Waals surface area contributed by atoms with Crippen LogP contribution in [0.3, 0.4) is 0 Å². The Kier molecular flexibility index (Phi) is 3.43. The van der Waals surface area contributed by atoms with Crippen LogP contribution in [0.5, 0.6) is 0 Å². The molecular formula is C16H24N2O. The summed E-state index contributed by atoms with van der Waals surface area (Å²) in [4.78, 5) is 12.4. The van der Waals surface area contributed by atoms with Crippen molar-refractivity contribution >= 4 is 5.91 Å². The molecule has 1 aliphatic rings. The van der Waals surface area contributed by atoms with Crippen molar-refractivity contribution in [3.8, 4) is 0 Å². The van der Waals surface area contributed by atoms with Crippen LogP contribution < -0.4 is 11.1 Å². The first-order valence-corrected chi connectivity index (χ1v) is 6.97. The minimum Gasteiger partial charge on any atom is -0.353 e. The molecule has 0 bridgehead atoms. The van der Waals surface area contributed by atoms with E-state index >= 15 is 0 Å². The highest BCUT2D eigenvalue weighted by Gasteiger charge is 2.44. The predicted octanol–water partition coefficient (Wildman–Crippen LogP) is 2.44. The molecule has 1 aromatic carbocycles. The average molecular weight is 260 g/mol. The highest BCUT2D eigenvalue weighted by atomic mass is 16.2. The number of carbonyl (C=O) groups excluding carboxylic acids is 1. The summed E-state index contributed by atoms with van der Waals surface area (Å²) < 4.78 is 0. The van der Waals surface area contributed by atoms with Crippen LogP contribution in [0.15, 0.2) is 24.3 Å². The summed E-state index contributed by atoms with van der Waals surface area (Å²) >= 11 is 0. The van der Waals surface area contributed by atoms with E-state index in [0.717, 1.165) is 24.0 Å². The summed E-state index contributed by atoms with van der Waals surface area (Å²) in [5.41, 5.74) is 7.73. The van der Waals surface area contributed by atoms with Crippen LogP contribution in [0.2, 0.25) is 0 Å². The zero-order chi connectivity index (χ0) is 14.3. The van der Waals surface area contributed by atoms with E-state index < -0.39 is 5.41 Å². The lowest BCUT2D eigenvalue weighted by Crippen LogP contribution is -2.44.